The molecule has 0 spiro atoms. The van der Waals surface area contributed by atoms with Crippen LogP contribution in [0.2, 0.25) is 0 Å². The smallest absolute Gasteiger partial charge is 0.0326 e. The van der Waals surface area contributed by atoms with Crippen molar-refractivity contribution in [2.75, 3.05) is 0 Å². The summed E-state index contributed by atoms with van der Waals surface area (Å²) in [5.74, 6) is 5.91. The highest BCUT2D eigenvalue weighted by Crippen LogP contribution is 2.66. The molecule has 0 N–H and O–H groups in total. The first-order valence-electron chi connectivity index (χ1n) is 4.88. The maximum Gasteiger partial charge on any atom is -0.0326 e. The highest BCUT2D eigenvalue weighted by atomic mass is 14.6. The minimum Gasteiger partial charge on any atom is -0.0622 e. The maximum absolute atomic E-state index is 2.47. The molecule has 0 radical (unpaired) electrons. The molecular formula is C10H16. The molecule has 3 aliphatic rings. The molecule has 0 saturated heterocycles. The van der Waals surface area contributed by atoms with Crippen molar-refractivity contribution in [3.63, 3.8) is 0 Å². The van der Waals surface area contributed by atoms with Gasteiger partial charge >= 0.3 is 0 Å². The number of hydrogen-bond acceptors (Lipinski definition) is 0. The lowest BCUT2D eigenvalue weighted by Crippen LogP contribution is -2.52. The zero-order chi connectivity index (χ0) is 6.72. The summed E-state index contributed by atoms with van der Waals surface area (Å²) >= 11 is 0. The molecule has 0 aliphatic heterocycles. The molecule has 3 rings (SSSR count). The Kier molecular flexibility index (Phi) is 0.898. The van der Waals surface area contributed by atoms with E-state index in [2.05, 4.69) is 6.92 Å². The molecule has 3 saturated carbocycles. The zero-order valence-electron chi connectivity index (χ0n) is 6.72. The molecule has 0 aromatic carbocycles. The Bertz CT molecular complexity index is 161. The molecule has 0 aromatic rings. The SMILES string of the molecule is CC1CCC2C3CCC3C12. The molecule has 10 heavy (non-hydrogen) atoms. The monoisotopic (exact) mass is 136 g/mol. The number of rotatable bonds is 0. The van der Waals surface area contributed by atoms with Crippen LogP contribution in [0.25, 0.3) is 0 Å². The third kappa shape index (κ3) is 0.436. The summed E-state index contributed by atoms with van der Waals surface area (Å²) in [6.45, 7) is 2.47. The molecule has 0 heterocycles. The number of fused-ring (bicyclic) bond motifs is 4. The lowest BCUT2D eigenvalue weighted by Gasteiger charge is -2.58. The van der Waals surface area contributed by atoms with E-state index in [0.717, 1.165) is 5.92 Å². The van der Waals surface area contributed by atoms with E-state index >= 15 is 0 Å². The van der Waals surface area contributed by atoms with Crippen LogP contribution in [0.1, 0.15) is 32.6 Å². The van der Waals surface area contributed by atoms with Crippen LogP contribution >= 0.6 is 0 Å². The summed E-state index contributed by atoms with van der Waals surface area (Å²) in [4.78, 5) is 0. The van der Waals surface area contributed by atoms with Gasteiger partial charge in [-0.15, -0.1) is 0 Å². The molecule has 0 bridgehead atoms. The summed E-state index contributed by atoms with van der Waals surface area (Å²) in [7, 11) is 0. The van der Waals surface area contributed by atoms with Gasteiger partial charge in [0.2, 0.25) is 0 Å². The van der Waals surface area contributed by atoms with Gasteiger partial charge in [-0.3, -0.25) is 0 Å². The topological polar surface area (TPSA) is 0 Å². The van der Waals surface area contributed by atoms with E-state index in [0.29, 0.717) is 0 Å². The highest BCUT2D eigenvalue weighted by Gasteiger charge is 2.58. The molecule has 3 aliphatic carbocycles. The van der Waals surface area contributed by atoms with Gasteiger partial charge in [0.05, 0.1) is 0 Å². The third-order valence-electron chi connectivity index (χ3n) is 4.53. The first kappa shape index (κ1) is 5.62. The van der Waals surface area contributed by atoms with E-state index in [1.165, 1.54) is 23.7 Å². The van der Waals surface area contributed by atoms with Crippen molar-refractivity contribution in [2.24, 2.45) is 29.6 Å². The second-order valence-electron chi connectivity index (χ2n) is 4.70. The molecule has 56 valence electrons. The summed E-state index contributed by atoms with van der Waals surface area (Å²) < 4.78 is 0. The molecule has 3 fully saturated rings. The fraction of sp³-hybridized carbons (Fsp3) is 1.00. The van der Waals surface area contributed by atoms with Gasteiger partial charge in [-0.05, 0) is 48.9 Å². The van der Waals surface area contributed by atoms with Gasteiger partial charge in [-0.25, -0.2) is 0 Å². The van der Waals surface area contributed by atoms with Crippen LogP contribution < -0.4 is 0 Å². The third-order valence-corrected chi connectivity index (χ3v) is 4.53. The Morgan fingerprint density at radius 1 is 0.800 bits per heavy atom. The predicted octanol–water partition coefficient (Wildman–Crippen LogP) is 2.69. The van der Waals surface area contributed by atoms with Crippen molar-refractivity contribution < 1.29 is 0 Å². The zero-order valence-corrected chi connectivity index (χ0v) is 6.72. The van der Waals surface area contributed by atoms with E-state index in [-0.39, 0.29) is 0 Å². The van der Waals surface area contributed by atoms with Gasteiger partial charge in [0.15, 0.2) is 0 Å². The fourth-order valence-corrected chi connectivity index (χ4v) is 3.92. The van der Waals surface area contributed by atoms with Crippen molar-refractivity contribution >= 4 is 0 Å². The quantitative estimate of drug-likeness (QED) is 0.480. The van der Waals surface area contributed by atoms with Crippen LogP contribution in [0.15, 0.2) is 0 Å². The maximum atomic E-state index is 2.47. The van der Waals surface area contributed by atoms with Crippen molar-refractivity contribution in [1.29, 1.82) is 0 Å². The summed E-state index contributed by atoms with van der Waals surface area (Å²) in [5.41, 5.74) is 0. The van der Waals surface area contributed by atoms with Gasteiger partial charge < -0.3 is 0 Å². The summed E-state index contributed by atoms with van der Waals surface area (Å²) in [6.07, 6.45) is 6.28. The second-order valence-corrected chi connectivity index (χ2v) is 4.70. The van der Waals surface area contributed by atoms with Crippen LogP contribution in [-0.4, -0.2) is 0 Å². The van der Waals surface area contributed by atoms with Crippen molar-refractivity contribution in [2.45, 2.75) is 32.6 Å². The van der Waals surface area contributed by atoms with Crippen molar-refractivity contribution in [3.8, 4) is 0 Å². The predicted molar refractivity (Wildman–Crippen MR) is 41.6 cm³/mol. The molecule has 0 heteroatoms. The molecule has 0 amide bonds. The first-order chi connectivity index (χ1) is 4.88. The Hall–Kier alpha value is 0. The van der Waals surface area contributed by atoms with Crippen LogP contribution in [0.5, 0.6) is 0 Å². The highest BCUT2D eigenvalue weighted by molar-refractivity contribution is 5.07. The van der Waals surface area contributed by atoms with Gasteiger partial charge in [-0.1, -0.05) is 13.3 Å². The molecule has 0 nitrogen and oxygen atoms in total. The van der Waals surface area contributed by atoms with E-state index in [4.69, 9.17) is 0 Å². The van der Waals surface area contributed by atoms with Gasteiger partial charge in [0.1, 0.15) is 0 Å². The van der Waals surface area contributed by atoms with E-state index in [9.17, 15) is 0 Å². The largest absolute Gasteiger partial charge is 0.0622 e. The fourth-order valence-electron chi connectivity index (χ4n) is 3.92. The van der Waals surface area contributed by atoms with E-state index < -0.39 is 0 Å². The van der Waals surface area contributed by atoms with E-state index in [1.807, 2.05) is 0 Å². The molecular weight excluding hydrogens is 120 g/mol. The Morgan fingerprint density at radius 3 is 2.00 bits per heavy atom. The molecule has 0 aromatic heterocycles. The first-order valence-corrected chi connectivity index (χ1v) is 4.88. The lowest BCUT2D eigenvalue weighted by molar-refractivity contribution is -0.0967. The van der Waals surface area contributed by atoms with Crippen LogP contribution in [-0.2, 0) is 0 Å². The summed E-state index contributed by atoms with van der Waals surface area (Å²) in [6, 6.07) is 0. The average molecular weight is 136 g/mol. The van der Waals surface area contributed by atoms with Crippen LogP contribution in [0.4, 0.5) is 0 Å². The van der Waals surface area contributed by atoms with Crippen molar-refractivity contribution in [1.82, 2.24) is 0 Å². The Balaban J connectivity index is 1.84. The molecule has 5 unspecified atom stereocenters. The average Bonchev–Trinajstić information content (AvgIpc) is 2.14. The van der Waals surface area contributed by atoms with Gasteiger partial charge in [0.25, 0.3) is 0 Å². The molecule has 5 atom stereocenters. The van der Waals surface area contributed by atoms with Crippen molar-refractivity contribution in [3.05, 3.63) is 0 Å². The lowest BCUT2D eigenvalue weighted by atomic mass is 9.47. The van der Waals surface area contributed by atoms with Gasteiger partial charge in [0, 0.05) is 0 Å². The Labute approximate surface area is 63.0 Å². The minimum absolute atomic E-state index is 1.09. The standard InChI is InChI=1S/C10H16/c1-6-2-3-8-7-4-5-9(7)10(6)8/h6-10H,2-5H2,1H3. The Morgan fingerprint density at radius 2 is 1.40 bits per heavy atom. The van der Waals surface area contributed by atoms with Crippen LogP contribution in [0, 0.1) is 29.6 Å². The van der Waals surface area contributed by atoms with Crippen LogP contribution in [0.3, 0.4) is 0 Å². The summed E-state index contributed by atoms with van der Waals surface area (Å²) in [5, 5.41) is 0. The van der Waals surface area contributed by atoms with Gasteiger partial charge in [-0.2, -0.15) is 0 Å². The van der Waals surface area contributed by atoms with E-state index in [1.54, 1.807) is 25.7 Å². The number of hydrogen-bond donors (Lipinski definition) is 0. The normalized spacial score (nSPS) is 63.9. The second kappa shape index (κ2) is 1.60. The minimum atomic E-state index is 1.09.